The highest BCUT2D eigenvalue weighted by molar-refractivity contribution is 5.92. The number of amides is 1. The van der Waals surface area contributed by atoms with Crippen LogP contribution in [0.4, 0.5) is 4.79 Å². The molecule has 4 aromatic rings. The van der Waals surface area contributed by atoms with Gasteiger partial charge in [-0.15, -0.1) is 0 Å². The van der Waals surface area contributed by atoms with Crippen molar-refractivity contribution in [2.45, 2.75) is 13.2 Å². The molecule has 1 aromatic heterocycles. The zero-order valence-electron chi connectivity index (χ0n) is 16.0. The predicted molar refractivity (Wildman–Crippen MR) is 111 cm³/mol. The summed E-state index contributed by atoms with van der Waals surface area (Å²) >= 11 is 0. The molecule has 1 amide bonds. The maximum absolute atomic E-state index is 11.9. The number of benzene rings is 3. The Morgan fingerprint density at radius 3 is 2.47 bits per heavy atom. The first-order chi connectivity index (χ1) is 14.6. The molecule has 0 saturated carbocycles. The summed E-state index contributed by atoms with van der Waals surface area (Å²) in [7, 11) is 0. The van der Waals surface area contributed by atoms with Crippen molar-refractivity contribution in [3.8, 4) is 5.69 Å². The SMILES string of the molecule is O=C(NCc1ccc(-n2cnc3cc(C(=O)O)ccc32)cc1)OCc1ccccc1. The summed E-state index contributed by atoms with van der Waals surface area (Å²) in [6.07, 6.45) is 1.18. The standard InChI is InChI=1S/C23H19N3O4/c27-22(28)18-8-11-21-20(12-18)25-15-26(21)19-9-6-16(7-10-19)13-24-23(29)30-14-17-4-2-1-3-5-17/h1-12,15H,13-14H2,(H,24,29)(H,27,28). The molecule has 0 spiro atoms. The summed E-state index contributed by atoms with van der Waals surface area (Å²) in [5, 5.41) is 11.8. The number of hydrogen-bond acceptors (Lipinski definition) is 4. The molecule has 4 rings (SSSR count). The number of aromatic carboxylic acids is 1. The largest absolute Gasteiger partial charge is 0.478 e. The van der Waals surface area contributed by atoms with E-state index in [0.717, 1.165) is 22.3 Å². The van der Waals surface area contributed by atoms with E-state index in [2.05, 4.69) is 10.3 Å². The molecule has 0 aliphatic heterocycles. The van der Waals surface area contributed by atoms with Crippen LogP contribution in [0.5, 0.6) is 0 Å². The van der Waals surface area contributed by atoms with Gasteiger partial charge in [-0.2, -0.15) is 0 Å². The van der Waals surface area contributed by atoms with Crippen molar-refractivity contribution < 1.29 is 19.4 Å². The highest BCUT2D eigenvalue weighted by atomic mass is 16.5. The molecule has 7 nitrogen and oxygen atoms in total. The fourth-order valence-corrected chi connectivity index (χ4v) is 3.07. The summed E-state index contributed by atoms with van der Waals surface area (Å²) in [5.41, 5.74) is 4.37. The van der Waals surface area contributed by atoms with Crippen molar-refractivity contribution in [2.24, 2.45) is 0 Å². The number of carbonyl (C=O) groups is 2. The summed E-state index contributed by atoms with van der Waals surface area (Å²) < 4.78 is 7.08. The number of carboxylic acids is 1. The van der Waals surface area contributed by atoms with E-state index in [4.69, 9.17) is 9.84 Å². The van der Waals surface area contributed by atoms with Gasteiger partial charge in [-0.05, 0) is 41.5 Å². The van der Waals surface area contributed by atoms with E-state index in [9.17, 15) is 9.59 Å². The van der Waals surface area contributed by atoms with Crippen LogP contribution in [0.1, 0.15) is 21.5 Å². The van der Waals surface area contributed by atoms with Crippen LogP contribution in [0.15, 0.2) is 79.1 Å². The molecular weight excluding hydrogens is 382 g/mol. The fraction of sp³-hybridized carbons (Fsp3) is 0.0870. The van der Waals surface area contributed by atoms with Crippen molar-refractivity contribution in [2.75, 3.05) is 0 Å². The summed E-state index contributed by atoms with van der Waals surface area (Å²) in [4.78, 5) is 27.3. The van der Waals surface area contributed by atoms with Gasteiger partial charge in [0.25, 0.3) is 0 Å². The number of carboxylic acid groups (broad SMARTS) is 1. The smallest absolute Gasteiger partial charge is 0.407 e. The lowest BCUT2D eigenvalue weighted by atomic mass is 10.2. The van der Waals surface area contributed by atoms with Crippen molar-refractivity contribution in [1.29, 1.82) is 0 Å². The lowest BCUT2D eigenvalue weighted by Gasteiger charge is -2.09. The minimum Gasteiger partial charge on any atom is -0.478 e. The first-order valence-electron chi connectivity index (χ1n) is 9.34. The molecule has 0 radical (unpaired) electrons. The molecule has 0 unspecified atom stereocenters. The average molecular weight is 401 g/mol. The number of alkyl carbamates (subject to hydrolysis) is 1. The molecular formula is C23H19N3O4. The van der Waals surface area contributed by atoms with Crippen LogP contribution >= 0.6 is 0 Å². The van der Waals surface area contributed by atoms with E-state index >= 15 is 0 Å². The lowest BCUT2D eigenvalue weighted by molar-refractivity contribution is 0.0697. The number of nitrogens with zero attached hydrogens (tertiary/aromatic N) is 2. The van der Waals surface area contributed by atoms with Crippen LogP contribution in [0.2, 0.25) is 0 Å². The molecule has 30 heavy (non-hydrogen) atoms. The third-order valence-corrected chi connectivity index (χ3v) is 4.66. The highest BCUT2D eigenvalue weighted by Gasteiger charge is 2.09. The van der Waals surface area contributed by atoms with Crippen molar-refractivity contribution >= 4 is 23.1 Å². The summed E-state index contributed by atoms with van der Waals surface area (Å²) in [6.45, 7) is 0.573. The first kappa shape index (κ1) is 19.2. The molecule has 0 aliphatic carbocycles. The molecule has 0 fully saturated rings. The number of ether oxygens (including phenoxy) is 1. The Bertz CT molecular complexity index is 1180. The monoisotopic (exact) mass is 401 g/mol. The normalized spacial score (nSPS) is 10.7. The van der Waals surface area contributed by atoms with Crippen molar-refractivity contribution in [1.82, 2.24) is 14.9 Å². The Labute approximate surface area is 172 Å². The molecule has 0 bridgehead atoms. The van der Waals surface area contributed by atoms with Crippen LogP contribution in [0.25, 0.3) is 16.7 Å². The molecule has 7 heteroatoms. The zero-order valence-corrected chi connectivity index (χ0v) is 16.0. The van der Waals surface area contributed by atoms with Gasteiger partial charge in [-0.3, -0.25) is 4.57 Å². The Morgan fingerprint density at radius 1 is 0.967 bits per heavy atom. The van der Waals surface area contributed by atoms with Gasteiger partial charge in [0.05, 0.1) is 16.6 Å². The van der Waals surface area contributed by atoms with Crippen LogP contribution in [-0.4, -0.2) is 26.7 Å². The number of aromatic nitrogens is 2. The van der Waals surface area contributed by atoms with Gasteiger partial charge in [-0.25, -0.2) is 14.6 Å². The third-order valence-electron chi connectivity index (χ3n) is 4.66. The zero-order chi connectivity index (χ0) is 20.9. The fourth-order valence-electron chi connectivity index (χ4n) is 3.07. The Morgan fingerprint density at radius 2 is 1.73 bits per heavy atom. The van der Waals surface area contributed by atoms with Gasteiger partial charge in [-0.1, -0.05) is 42.5 Å². The van der Waals surface area contributed by atoms with Crippen LogP contribution in [-0.2, 0) is 17.9 Å². The molecule has 150 valence electrons. The topological polar surface area (TPSA) is 93.5 Å². The van der Waals surface area contributed by atoms with E-state index in [1.54, 1.807) is 24.5 Å². The van der Waals surface area contributed by atoms with Crippen molar-refractivity contribution in [3.63, 3.8) is 0 Å². The predicted octanol–water partition coefficient (Wildman–Crippen LogP) is 4.15. The first-order valence-corrected chi connectivity index (χ1v) is 9.34. The van der Waals surface area contributed by atoms with E-state index in [1.807, 2.05) is 59.2 Å². The van der Waals surface area contributed by atoms with E-state index in [-0.39, 0.29) is 12.2 Å². The highest BCUT2D eigenvalue weighted by Crippen LogP contribution is 2.20. The number of rotatable bonds is 6. The summed E-state index contributed by atoms with van der Waals surface area (Å²) in [6, 6.07) is 22.0. The maximum Gasteiger partial charge on any atom is 0.407 e. The lowest BCUT2D eigenvalue weighted by Crippen LogP contribution is -2.23. The second kappa shape index (κ2) is 8.48. The van der Waals surface area contributed by atoms with E-state index in [0.29, 0.717) is 12.1 Å². The Balaban J connectivity index is 1.38. The van der Waals surface area contributed by atoms with Crippen molar-refractivity contribution in [3.05, 3.63) is 95.8 Å². The molecule has 0 saturated heterocycles. The number of carbonyl (C=O) groups excluding carboxylic acids is 1. The Hall–Kier alpha value is -4.13. The quantitative estimate of drug-likeness (QED) is 0.506. The van der Waals surface area contributed by atoms with Gasteiger partial charge in [0, 0.05) is 12.2 Å². The minimum atomic E-state index is -0.981. The number of imidazole rings is 1. The van der Waals surface area contributed by atoms with Gasteiger partial charge in [0.2, 0.25) is 0 Å². The summed E-state index contributed by atoms with van der Waals surface area (Å²) in [5.74, 6) is -0.981. The second-order valence-electron chi connectivity index (χ2n) is 6.70. The maximum atomic E-state index is 11.9. The minimum absolute atomic E-state index is 0.202. The molecule has 1 heterocycles. The Kier molecular flexibility index (Phi) is 5.43. The second-order valence-corrected chi connectivity index (χ2v) is 6.70. The average Bonchev–Trinajstić information content (AvgIpc) is 3.20. The number of hydrogen-bond donors (Lipinski definition) is 2. The number of nitrogens with one attached hydrogen (secondary N) is 1. The molecule has 0 atom stereocenters. The van der Waals surface area contributed by atoms with Gasteiger partial charge >= 0.3 is 12.1 Å². The third kappa shape index (κ3) is 4.30. The molecule has 2 N–H and O–H groups in total. The number of fused-ring (bicyclic) bond motifs is 1. The van der Waals surface area contributed by atoms with Crippen LogP contribution in [0.3, 0.4) is 0 Å². The molecule has 3 aromatic carbocycles. The van der Waals surface area contributed by atoms with Gasteiger partial charge in [0.1, 0.15) is 12.9 Å². The van der Waals surface area contributed by atoms with E-state index in [1.165, 1.54) is 0 Å². The van der Waals surface area contributed by atoms with Gasteiger partial charge in [0.15, 0.2) is 0 Å². The van der Waals surface area contributed by atoms with E-state index < -0.39 is 12.1 Å². The van der Waals surface area contributed by atoms with Crippen LogP contribution < -0.4 is 5.32 Å². The molecule has 0 aliphatic rings. The van der Waals surface area contributed by atoms with Crippen LogP contribution in [0, 0.1) is 0 Å². The van der Waals surface area contributed by atoms with Gasteiger partial charge < -0.3 is 15.2 Å².